The highest BCUT2D eigenvalue weighted by molar-refractivity contribution is 6.14. The first kappa shape index (κ1) is 29.0. The van der Waals surface area contributed by atoms with E-state index in [1.165, 1.54) is 70.6 Å². The zero-order valence-electron chi connectivity index (χ0n) is 23.8. The van der Waals surface area contributed by atoms with Crippen LogP contribution in [0.15, 0.2) is 53.6 Å². The molecule has 0 amide bonds. The first-order valence-corrected chi connectivity index (χ1v) is 15.3. The van der Waals surface area contributed by atoms with E-state index < -0.39 is 0 Å². The normalized spacial score (nSPS) is 16.8. The van der Waals surface area contributed by atoms with Crippen molar-refractivity contribution in [3.8, 4) is 17.2 Å². The van der Waals surface area contributed by atoms with E-state index in [1.54, 1.807) is 0 Å². The van der Waals surface area contributed by atoms with Gasteiger partial charge in [-0.25, -0.2) is 0 Å². The van der Waals surface area contributed by atoms with Crippen LogP contribution in [0.2, 0.25) is 0 Å². The lowest BCUT2D eigenvalue weighted by molar-refractivity contribution is -0.112. The van der Waals surface area contributed by atoms with Gasteiger partial charge in [0, 0.05) is 11.1 Å². The Morgan fingerprint density at radius 3 is 1.92 bits per heavy atom. The Kier molecular flexibility index (Phi) is 12.0. The minimum absolute atomic E-state index is 0.145. The Morgan fingerprint density at radius 1 is 0.692 bits per heavy atom. The van der Waals surface area contributed by atoms with Crippen molar-refractivity contribution < 1.29 is 19.0 Å². The van der Waals surface area contributed by atoms with E-state index in [2.05, 4.69) is 6.92 Å². The van der Waals surface area contributed by atoms with E-state index in [1.807, 2.05) is 54.6 Å². The number of ketones is 1. The van der Waals surface area contributed by atoms with Gasteiger partial charge in [-0.1, -0.05) is 95.8 Å². The average molecular weight is 531 g/mol. The van der Waals surface area contributed by atoms with Gasteiger partial charge in [0.1, 0.15) is 5.75 Å². The third-order valence-electron chi connectivity index (χ3n) is 7.70. The number of unbranched alkanes of at least 4 members (excludes halogenated alkanes) is 11. The molecule has 1 aliphatic carbocycles. The quantitative estimate of drug-likeness (QED) is 0.160. The molecule has 0 atom stereocenters. The van der Waals surface area contributed by atoms with E-state index in [-0.39, 0.29) is 12.6 Å². The number of allylic oxidation sites excluding steroid dienone is 2. The third-order valence-corrected chi connectivity index (χ3v) is 7.70. The molecule has 1 heterocycles. The number of fused-ring (bicyclic) bond motifs is 1. The van der Waals surface area contributed by atoms with Gasteiger partial charge in [0.25, 0.3) is 0 Å². The van der Waals surface area contributed by atoms with E-state index in [0.29, 0.717) is 0 Å². The molecule has 0 bridgehead atoms. The number of carbonyl (C=O) groups is 1. The summed E-state index contributed by atoms with van der Waals surface area (Å²) in [5.74, 6) is 2.54. The molecule has 39 heavy (non-hydrogen) atoms. The second-order valence-electron chi connectivity index (χ2n) is 10.9. The second kappa shape index (κ2) is 16.2. The van der Waals surface area contributed by atoms with E-state index in [9.17, 15) is 4.79 Å². The molecule has 1 fully saturated rings. The van der Waals surface area contributed by atoms with Crippen LogP contribution in [-0.4, -0.2) is 19.2 Å². The van der Waals surface area contributed by atoms with Gasteiger partial charge >= 0.3 is 0 Å². The largest absolute Gasteiger partial charge is 0.494 e. The van der Waals surface area contributed by atoms with Gasteiger partial charge in [-0.3, -0.25) is 4.79 Å². The maximum Gasteiger partial charge on any atom is 0.231 e. The van der Waals surface area contributed by atoms with E-state index >= 15 is 0 Å². The molecule has 2 aromatic carbocycles. The molecule has 4 heteroatoms. The maximum atomic E-state index is 13.2. The fraction of sp³-hybridized carbons (Fsp3) is 0.514. The van der Waals surface area contributed by atoms with Gasteiger partial charge in [0.05, 0.1) is 6.61 Å². The summed E-state index contributed by atoms with van der Waals surface area (Å²) in [7, 11) is 0. The molecule has 4 rings (SSSR count). The van der Waals surface area contributed by atoms with Crippen molar-refractivity contribution in [1.29, 1.82) is 0 Å². The molecule has 2 aliphatic rings. The monoisotopic (exact) mass is 530 g/mol. The topological polar surface area (TPSA) is 44.8 Å². The molecular formula is C35H46O4. The summed E-state index contributed by atoms with van der Waals surface area (Å²) in [6, 6.07) is 14.0. The summed E-state index contributed by atoms with van der Waals surface area (Å²) < 4.78 is 16.8. The van der Waals surface area contributed by atoms with Crippen molar-refractivity contribution >= 4 is 17.9 Å². The zero-order chi connectivity index (χ0) is 27.1. The molecule has 0 radical (unpaired) electrons. The molecule has 0 aromatic heterocycles. The summed E-state index contributed by atoms with van der Waals surface area (Å²) in [5.41, 5.74) is 3.74. The van der Waals surface area contributed by atoms with Crippen LogP contribution < -0.4 is 14.2 Å². The lowest BCUT2D eigenvalue weighted by Gasteiger charge is -2.17. The highest BCUT2D eigenvalue weighted by Crippen LogP contribution is 2.34. The molecule has 1 saturated carbocycles. The molecule has 210 valence electrons. The summed E-state index contributed by atoms with van der Waals surface area (Å²) in [6.07, 6.45) is 22.8. The van der Waals surface area contributed by atoms with Crippen molar-refractivity contribution in [3.63, 3.8) is 0 Å². The Labute approximate surface area is 235 Å². The predicted molar refractivity (Wildman–Crippen MR) is 160 cm³/mol. The number of ether oxygens (including phenoxy) is 3. The van der Waals surface area contributed by atoms with Crippen molar-refractivity contribution in [2.24, 2.45) is 0 Å². The summed E-state index contributed by atoms with van der Waals surface area (Å²) in [5, 5.41) is 0. The lowest BCUT2D eigenvalue weighted by atomic mass is 9.87. The number of Topliss-reactive ketones (excluding diaryl/α,β-unsaturated/α-hetero) is 1. The van der Waals surface area contributed by atoms with Crippen LogP contribution in [-0.2, 0) is 4.79 Å². The van der Waals surface area contributed by atoms with Gasteiger partial charge in [0.15, 0.2) is 17.3 Å². The van der Waals surface area contributed by atoms with Crippen LogP contribution in [0.3, 0.4) is 0 Å². The molecule has 0 N–H and O–H groups in total. The summed E-state index contributed by atoms with van der Waals surface area (Å²) >= 11 is 0. The Morgan fingerprint density at radius 2 is 1.26 bits per heavy atom. The fourth-order valence-electron chi connectivity index (χ4n) is 5.38. The van der Waals surface area contributed by atoms with Crippen LogP contribution in [0.5, 0.6) is 17.2 Å². The van der Waals surface area contributed by atoms with Gasteiger partial charge in [-0.15, -0.1) is 0 Å². The zero-order valence-corrected chi connectivity index (χ0v) is 23.8. The van der Waals surface area contributed by atoms with Crippen LogP contribution in [0.1, 0.15) is 114 Å². The van der Waals surface area contributed by atoms with Crippen LogP contribution in [0.25, 0.3) is 12.2 Å². The number of rotatable bonds is 16. The third kappa shape index (κ3) is 9.60. The molecule has 4 nitrogen and oxygen atoms in total. The lowest BCUT2D eigenvalue weighted by Crippen LogP contribution is -2.12. The van der Waals surface area contributed by atoms with Crippen molar-refractivity contribution in [1.82, 2.24) is 0 Å². The molecular weight excluding hydrogens is 484 g/mol. The van der Waals surface area contributed by atoms with Crippen LogP contribution >= 0.6 is 0 Å². The molecule has 0 saturated heterocycles. The maximum absolute atomic E-state index is 13.2. The van der Waals surface area contributed by atoms with Gasteiger partial charge in [0.2, 0.25) is 6.79 Å². The van der Waals surface area contributed by atoms with Crippen molar-refractivity contribution in [2.45, 2.75) is 103 Å². The second-order valence-corrected chi connectivity index (χ2v) is 10.9. The minimum atomic E-state index is 0.145. The number of hydrogen-bond acceptors (Lipinski definition) is 4. The summed E-state index contributed by atoms with van der Waals surface area (Å²) in [6.45, 7) is 3.30. The predicted octanol–water partition coefficient (Wildman–Crippen LogP) is 9.72. The first-order chi connectivity index (χ1) is 19.2. The number of hydrogen-bond donors (Lipinski definition) is 0. The van der Waals surface area contributed by atoms with Crippen molar-refractivity contribution in [3.05, 3.63) is 64.7 Å². The molecule has 1 aliphatic heterocycles. The number of benzene rings is 2. The Balaban J connectivity index is 1.14. The summed E-state index contributed by atoms with van der Waals surface area (Å²) in [4.78, 5) is 13.2. The SMILES string of the molecule is CCCCCCCCCCCCCCOc1ccc(/C=C2/CCC/C(=C/c3ccc4c(c3)OCO4)C2=O)cc1. The van der Waals surface area contributed by atoms with Crippen LogP contribution in [0.4, 0.5) is 0 Å². The minimum Gasteiger partial charge on any atom is -0.494 e. The van der Waals surface area contributed by atoms with E-state index in [4.69, 9.17) is 14.2 Å². The van der Waals surface area contributed by atoms with Crippen molar-refractivity contribution in [2.75, 3.05) is 13.4 Å². The van der Waals surface area contributed by atoms with E-state index in [0.717, 1.165) is 71.8 Å². The van der Waals surface area contributed by atoms with Gasteiger partial charge in [-0.05, 0) is 73.2 Å². The number of carbonyl (C=O) groups excluding carboxylic acids is 1. The molecule has 0 spiro atoms. The Bertz CT molecular complexity index is 1100. The standard InChI is InChI=1S/C35H46O4/c1-2-3-4-5-6-7-8-9-10-11-12-13-23-37-32-20-17-28(18-21-32)24-30-15-14-16-31(35(30)36)25-29-19-22-33-34(26-29)39-27-38-33/h17-22,24-26H,2-16,23,27H2,1H3/b30-24-,31-25-. The average Bonchev–Trinajstić information content (AvgIpc) is 3.42. The fourth-order valence-corrected chi connectivity index (χ4v) is 5.38. The highest BCUT2D eigenvalue weighted by atomic mass is 16.7. The molecule has 0 unspecified atom stereocenters. The highest BCUT2D eigenvalue weighted by Gasteiger charge is 2.21. The Hall–Kier alpha value is -3.01. The van der Waals surface area contributed by atoms with Gasteiger partial charge < -0.3 is 14.2 Å². The first-order valence-electron chi connectivity index (χ1n) is 15.3. The smallest absolute Gasteiger partial charge is 0.231 e. The van der Waals surface area contributed by atoms with Crippen LogP contribution in [0, 0.1) is 0 Å². The van der Waals surface area contributed by atoms with Gasteiger partial charge in [-0.2, -0.15) is 0 Å². The molecule has 2 aromatic rings.